The van der Waals surface area contributed by atoms with Crippen molar-refractivity contribution < 1.29 is 14.6 Å². The Morgan fingerprint density at radius 2 is 1.95 bits per heavy atom. The molecule has 0 aliphatic heterocycles. The lowest BCUT2D eigenvalue weighted by Gasteiger charge is -2.11. The van der Waals surface area contributed by atoms with E-state index in [-0.39, 0.29) is 5.56 Å². The molecule has 0 bridgehead atoms. The van der Waals surface area contributed by atoms with E-state index in [1.807, 2.05) is 37.3 Å². The second kappa shape index (κ2) is 5.76. The molecule has 1 N–H and O–H groups in total. The molecule has 0 heterocycles. The van der Waals surface area contributed by atoms with Crippen LogP contribution in [0.25, 0.3) is 0 Å². The van der Waals surface area contributed by atoms with Crippen LogP contribution in [0.4, 0.5) is 0 Å². The fourth-order valence-corrected chi connectivity index (χ4v) is 1.84. The number of carboxylic acids is 1. The highest BCUT2D eigenvalue weighted by Gasteiger charge is 2.14. The summed E-state index contributed by atoms with van der Waals surface area (Å²) in [5.74, 6) is -0.719. The summed E-state index contributed by atoms with van der Waals surface area (Å²) in [6.07, 6.45) is 0. The highest BCUT2D eigenvalue weighted by Crippen LogP contribution is 2.27. The summed E-state index contributed by atoms with van der Waals surface area (Å²) >= 11 is 5.93. The molecule has 0 amide bonds. The molecular formula is C15H13ClO3. The van der Waals surface area contributed by atoms with E-state index in [1.165, 1.54) is 6.07 Å². The standard InChI is InChI=1S/C15H13ClO3/c1-10-7-14(12(15(17)18)8-13(10)16)19-9-11-5-3-2-4-6-11/h2-8H,9H2,1H3,(H,17,18). The Morgan fingerprint density at radius 3 is 2.58 bits per heavy atom. The Morgan fingerprint density at radius 1 is 1.26 bits per heavy atom. The Balaban J connectivity index is 2.24. The number of ether oxygens (including phenoxy) is 1. The number of hydrogen-bond donors (Lipinski definition) is 1. The third-order valence-electron chi connectivity index (χ3n) is 2.73. The molecular weight excluding hydrogens is 264 g/mol. The van der Waals surface area contributed by atoms with Crippen LogP contribution in [0.15, 0.2) is 42.5 Å². The Labute approximate surface area is 116 Å². The number of benzene rings is 2. The Kier molecular flexibility index (Phi) is 4.07. The molecule has 0 atom stereocenters. The summed E-state index contributed by atoms with van der Waals surface area (Å²) in [6, 6.07) is 12.6. The van der Waals surface area contributed by atoms with E-state index in [2.05, 4.69) is 0 Å². The van der Waals surface area contributed by atoms with Crippen molar-refractivity contribution in [2.24, 2.45) is 0 Å². The monoisotopic (exact) mass is 276 g/mol. The minimum Gasteiger partial charge on any atom is -0.488 e. The van der Waals surface area contributed by atoms with Crippen molar-refractivity contribution in [3.05, 3.63) is 64.2 Å². The maximum absolute atomic E-state index is 11.2. The van der Waals surface area contributed by atoms with E-state index < -0.39 is 5.97 Å². The molecule has 0 aliphatic carbocycles. The third-order valence-corrected chi connectivity index (χ3v) is 3.14. The summed E-state index contributed by atoms with van der Waals surface area (Å²) in [7, 11) is 0. The lowest BCUT2D eigenvalue weighted by atomic mass is 10.1. The van der Waals surface area contributed by atoms with Crippen LogP contribution in [-0.2, 0) is 6.61 Å². The van der Waals surface area contributed by atoms with Crippen molar-refractivity contribution in [1.82, 2.24) is 0 Å². The van der Waals surface area contributed by atoms with Gasteiger partial charge in [0.1, 0.15) is 17.9 Å². The van der Waals surface area contributed by atoms with Crippen LogP contribution in [-0.4, -0.2) is 11.1 Å². The second-order valence-electron chi connectivity index (χ2n) is 4.18. The second-order valence-corrected chi connectivity index (χ2v) is 4.58. The number of carbonyl (C=O) groups is 1. The van der Waals surface area contributed by atoms with Crippen LogP contribution >= 0.6 is 11.6 Å². The predicted molar refractivity (Wildman–Crippen MR) is 73.9 cm³/mol. The van der Waals surface area contributed by atoms with Gasteiger partial charge in [-0.05, 0) is 30.2 Å². The predicted octanol–water partition coefficient (Wildman–Crippen LogP) is 3.93. The van der Waals surface area contributed by atoms with E-state index in [1.54, 1.807) is 6.07 Å². The molecule has 19 heavy (non-hydrogen) atoms. The van der Waals surface area contributed by atoms with Gasteiger partial charge in [0.2, 0.25) is 0 Å². The van der Waals surface area contributed by atoms with E-state index in [0.717, 1.165) is 11.1 Å². The van der Waals surface area contributed by atoms with Crippen LogP contribution < -0.4 is 4.74 Å². The first-order chi connectivity index (χ1) is 9.08. The first kappa shape index (κ1) is 13.4. The largest absolute Gasteiger partial charge is 0.488 e. The van der Waals surface area contributed by atoms with Crippen molar-refractivity contribution in [2.45, 2.75) is 13.5 Å². The average molecular weight is 277 g/mol. The summed E-state index contributed by atoms with van der Waals surface area (Å²) in [5, 5.41) is 9.56. The summed E-state index contributed by atoms with van der Waals surface area (Å²) in [4.78, 5) is 11.2. The van der Waals surface area contributed by atoms with Crippen molar-refractivity contribution in [2.75, 3.05) is 0 Å². The van der Waals surface area contributed by atoms with Crippen LogP contribution in [0.2, 0.25) is 5.02 Å². The van der Waals surface area contributed by atoms with Gasteiger partial charge in [0, 0.05) is 5.02 Å². The number of hydrogen-bond acceptors (Lipinski definition) is 2. The van der Waals surface area contributed by atoms with Crippen LogP contribution in [0.3, 0.4) is 0 Å². The molecule has 2 rings (SSSR count). The van der Waals surface area contributed by atoms with Gasteiger partial charge < -0.3 is 9.84 Å². The van der Waals surface area contributed by atoms with Crippen LogP contribution in [0.1, 0.15) is 21.5 Å². The van der Waals surface area contributed by atoms with Crippen LogP contribution in [0, 0.1) is 6.92 Å². The molecule has 0 radical (unpaired) electrons. The fraction of sp³-hybridized carbons (Fsp3) is 0.133. The van der Waals surface area contributed by atoms with E-state index in [9.17, 15) is 4.79 Å². The normalized spacial score (nSPS) is 10.2. The molecule has 2 aromatic rings. The molecule has 98 valence electrons. The fourth-order valence-electron chi connectivity index (χ4n) is 1.68. The summed E-state index contributed by atoms with van der Waals surface area (Å²) in [5.41, 5.74) is 1.84. The smallest absolute Gasteiger partial charge is 0.339 e. The van der Waals surface area contributed by atoms with E-state index in [4.69, 9.17) is 21.4 Å². The van der Waals surface area contributed by atoms with Crippen molar-refractivity contribution in [3.8, 4) is 5.75 Å². The van der Waals surface area contributed by atoms with E-state index in [0.29, 0.717) is 17.4 Å². The number of carboxylic acid groups (broad SMARTS) is 1. The molecule has 4 heteroatoms. The lowest BCUT2D eigenvalue weighted by Crippen LogP contribution is -2.04. The minimum absolute atomic E-state index is 0.0755. The molecule has 0 saturated carbocycles. The van der Waals surface area contributed by atoms with Crippen molar-refractivity contribution in [3.63, 3.8) is 0 Å². The third kappa shape index (κ3) is 3.26. The summed E-state index contributed by atoms with van der Waals surface area (Å²) < 4.78 is 5.58. The molecule has 0 aromatic heterocycles. The average Bonchev–Trinajstić information content (AvgIpc) is 2.40. The first-order valence-electron chi connectivity index (χ1n) is 5.78. The quantitative estimate of drug-likeness (QED) is 0.920. The summed E-state index contributed by atoms with van der Waals surface area (Å²) in [6.45, 7) is 2.13. The van der Waals surface area contributed by atoms with E-state index >= 15 is 0 Å². The minimum atomic E-state index is -1.05. The van der Waals surface area contributed by atoms with Crippen molar-refractivity contribution >= 4 is 17.6 Å². The molecule has 0 saturated heterocycles. The topological polar surface area (TPSA) is 46.5 Å². The van der Waals surface area contributed by atoms with Crippen molar-refractivity contribution in [1.29, 1.82) is 0 Å². The highest BCUT2D eigenvalue weighted by atomic mass is 35.5. The number of aryl methyl sites for hydroxylation is 1. The zero-order valence-corrected chi connectivity index (χ0v) is 11.1. The van der Waals surface area contributed by atoms with Gasteiger partial charge >= 0.3 is 5.97 Å². The zero-order chi connectivity index (χ0) is 13.8. The Hall–Kier alpha value is -2.00. The molecule has 2 aromatic carbocycles. The molecule has 0 aliphatic rings. The first-order valence-corrected chi connectivity index (χ1v) is 6.16. The highest BCUT2D eigenvalue weighted by molar-refractivity contribution is 6.31. The van der Waals surface area contributed by atoms with Gasteiger partial charge in [0.15, 0.2) is 0 Å². The van der Waals surface area contributed by atoms with Gasteiger partial charge in [-0.3, -0.25) is 0 Å². The molecule has 3 nitrogen and oxygen atoms in total. The maximum Gasteiger partial charge on any atom is 0.339 e. The van der Waals surface area contributed by atoms with Gasteiger partial charge in [-0.1, -0.05) is 41.9 Å². The van der Waals surface area contributed by atoms with Crippen LogP contribution in [0.5, 0.6) is 5.75 Å². The zero-order valence-electron chi connectivity index (χ0n) is 10.4. The van der Waals surface area contributed by atoms with Gasteiger partial charge in [-0.15, -0.1) is 0 Å². The number of halogens is 1. The lowest BCUT2D eigenvalue weighted by molar-refractivity contribution is 0.0691. The van der Waals surface area contributed by atoms with Gasteiger partial charge in [0.25, 0.3) is 0 Å². The molecule has 0 unspecified atom stereocenters. The SMILES string of the molecule is Cc1cc(OCc2ccccc2)c(C(=O)O)cc1Cl. The molecule has 0 fully saturated rings. The molecule has 0 spiro atoms. The van der Waals surface area contributed by atoms with Gasteiger partial charge in [-0.2, -0.15) is 0 Å². The maximum atomic E-state index is 11.2. The Bertz CT molecular complexity index is 594. The van der Waals surface area contributed by atoms with Gasteiger partial charge in [-0.25, -0.2) is 4.79 Å². The number of aromatic carboxylic acids is 1. The number of rotatable bonds is 4. The van der Waals surface area contributed by atoms with Gasteiger partial charge in [0.05, 0.1) is 0 Å².